The largest absolute Gasteiger partial charge is 0.484 e. The Balaban J connectivity index is 1.62. The quantitative estimate of drug-likeness (QED) is 0.416. The second kappa shape index (κ2) is 7.96. The van der Waals surface area contributed by atoms with Gasteiger partial charge < -0.3 is 4.74 Å². The number of aromatic nitrogens is 1. The molecule has 0 aliphatic rings. The van der Waals surface area contributed by atoms with Gasteiger partial charge in [-0.1, -0.05) is 41.4 Å². The molecular weight excluding hydrogens is 361 g/mol. The Morgan fingerprint density at radius 2 is 1.96 bits per heavy atom. The first kappa shape index (κ1) is 17.2. The molecule has 25 heavy (non-hydrogen) atoms. The Morgan fingerprint density at radius 3 is 2.76 bits per heavy atom. The molecule has 0 fully saturated rings. The molecule has 0 aliphatic heterocycles. The lowest BCUT2D eigenvalue weighted by molar-refractivity contribution is -0.123. The third-order valence-corrected chi connectivity index (χ3v) is 3.80. The average molecular weight is 374 g/mol. The summed E-state index contributed by atoms with van der Waals surface area (Å²) < 4.78 is 5.33. The van der Waals surface area contributed by atoms with Crippen molar-refractivity contribution >= 4 is 46.2 Å². The van der Waals surface area contributed by atoms with E-state index in [2.05, 4.69) is 15.5 Å². The van der Waals surface area contributed by atoms with Crippen molar-refractivity contribution in [1.82, 2.24) is 10.4 Å². The van der Waals surface area contributed by atoms with Crippen molar-refractivity contribution in [3.63, 3.8) is 0 Å². The third-order valence-electron chi connectivity index (χ3n) is 3.26. The standard InChI is InChI=1S/C18H13Cl2N3O2/c19-14-6-7-16-12(9-14)8-13(18(20)22-16)10-21-23-17(24)11-25-15-4-2-1-3-5-15/h1-10H,11H2,(H,23,24)/b21-10-. The minimum absolute atomic E-state index is 0.138. The normalized spacial score (nSPS) is 11.0. The molecule has 1 aromatic heterocycles. The van der Waals surface area contributed by atoms with Crippen LogP contribution < -0.4 is 10.2 Å². The first-order valence-corrected chi connectivity index (χ1v) is 8.13. The van der Waals surface area contributed by atoms with Crippen LogP contribution in [0.5, 0.6) is 5.75 Å². The molecule has 0 aliphatic carbocycles. The fraction of sp³-hybridized carbons (Fsp3) is 0.0556. The Morgan fingerprint density at radius 1 is 1.16 bits per heavy atom. The Kier molecular flexibility index (Phi) is 5.48. The zero-order chi connectivity index (χ0) is 17.6. The van der Waals surface area contributed by atoms with E-state index in [1.54, 1.807) is 36.4 Å². The summed E-state index contributed by atoms with van der Waals surface area (Å²) >= 11 is 12.1. The zero-order valence-electron chi connectivity index (χ0n) is 12.9. The van der Waals surface area contributed by atoms with Crippen molar-refractivity contribution in [2.24, 2.45) is 5.10 Å². The van der Waals surface area contributed by atoms with Crippen LogP contribution in [0.3, 0.4) is 0 Å². The van der Waals surface area contributed by atoms with Crippen LogP contribution in [0.4, 0.5) is 0 Å². The second-order valence-electron chi connectivity index (χ2n) is 5.10. The molecule has 126 valence electrons. The summed E-state index contributed by atoms with van der Waals surface area (Å²) in [6, 6.07) is 16.2. The molecule has 1 heterocycles. The molecule has 0 atom stereocenters. The molecule has 0 bridgehead atoms. The Bertz CT molecular complexity index is 930. The van der Waals surface area contributed by atoms with E-state index in [0.29, 0.717) is 16.3 Å². The van der Waals surface area contributed by atoms with E-state index < -0.39 is 0 Å². The fourth-order valence-corrected chi connectivity index (χ4v) is 2.48. The number of amides is 1. The van der Waals surface area contributed by atoms with Crippen LogP contribution in [-0.2, 0) is 4.79 Å². The minimum atomic E-state index is -0.381. The number of hydrazone groups is 1. The number of halogens is 2. The molecule has 3 rings (SSSR count). The van der Waals surface area contributed by atoms with E-state index in [9.17, 15) is 4.79 Å². The van der Waals surface area contributed by atoms with Crippen LogP contribution in [0.2, 0.25) is 10.2 Å². The van der Waals surface area contributed by atoms with E-state index in [1.807, 2.05) is 18.2 Å². The van der Waals surface area contributed by atoms with Crippen molar-refractivity contribution in [1.29, 1.82) is 0 Å². The van der Waals surface area contributed by atoms with E-state index in [1.165, 1.54) is 6.21 Å². The number of pyridine rings is 1. The Hall–Kier alpha value is -2.63. The number of ether oxygens (including phenoxy) is 1. The molecule has 0 radical (unpaired) electrons. The van der Waals surface area contributed by atoms with Crippen LogP contribution >= 0.6 is 23.2 Å². The summed E-state index contributed by atoms with van der Waals surface area (Å²) in [6.07, 6.45) is 1.43. The van der Waals surface area contributed by atoms with Gasteiger partial charge in [-0.05, 0) is 36.4 Å². The SMILES string of the molecule is O=C(COc1ccccc1)N/N=C\c1cc2cc(Cl)ccc2nc1Cl. The van der Waals surface area contributed by atoms with Gasteiger partial charge in [0.15, 0.2) is 6.61 Å². The first-order chi connectivity index (χ1) is 12.1. The highest BCUT2D eigenvalue weighted by atomic mass is 35.5. The smallest absolute Gasteiger partial charge is 0.277 e. The highest BCUT2D eigenvalue weighted by Crippen LogP contribution is 2.22. The molecular formula is C18H13Cl2N3O2. The van der Waals surface area contributed by atoms with E-state index in [0.717, 1.165) is 10.9 Å². The van der Waals surface area contributed by atoms with Gasteiger partial charge in [0.1, 0.15) is 10.9 Å². The molecule has 0 spiro atoms. The fourth-order valence-electron chi connectivity index (χ4n) is 2.10. The number of hydrogen-bond acceptors (Lipinski definition) is 4. The van der Waals surface area contributed by atoms with Crippen LogP contribution in [0.25, 0.3) is 10.9 Å². The van der Waals surface area contributed by atoms with Gasteiger partial charge in [-0.25, -0.2) is 10.4 Å². The highest BCUT2D eigenvalue weighted by Gasteiger charge is 2.05. The van der Waals surface area contributed by atoms with Gasteiger partial charge in [-0.3, -0.25) is 4.79 Å². The number of para-hydroxylation sites is 1. The van der Waals surface area contributed by atoms with Crippen molar-refractivity contribution in [2.45, 2.75) is 0 Å². The lowest BCUT2D eigenvalue weighted by Crippen LogP contribution is -2.24. The Labute approximate surface area is 154 Å². The minimum Gasteiger partial charge on any atom is -0.484 e. The molecule has 1 N–H and O–H groups in total. The number of fused-ring (bicyclic) bond motifs is 1. The number of rotatable bonds is 5. The number of nitrogens with zero attached hydrogens (tertiary/aromatic N) is 2. The maximum absolute atomic E-state index is 11.7. The number of benzene rings is 2. The molecule has 3 aromatic rings. The van der Waals surface area contributed by atoms with Gasteiger partial charge in [0.25, 0.3) is 5.91 Å². The highest BCUT2D eigenvalue weighted by molar-refractivity contribution is 6.33. The zero-order valence-corrected chi connectivity index (χ0v) is 14.5. The summed E-state index contributed by atoms with van der Waals surface area (Å²) in [5, 5.41) is 5.60. The van der Waals surface area contributed by atoms with E-state index in [4.69, 9.17) is 27.9 Å². The van der Waals surface area contributed by atoms with Crippen molar-refractivity contribution in [3.05, 3.63) is 70.3 Å². The molecule has 0 unspecified atom stereocenters. The molecule has 1 amide bonds. The van der Waals surface area contributed by atoms with Crippen LogP contribution in [0, 0.1) is 0 Å². The molecule has 0 saturated carbocycles. The van der Waals surface area contributed by atoms with Gasteiger partial charge in [0, 0.05) is 16.0 Å². The number of carbonyl (C=O) groups excluding carboxylic acids is 1. The second-order valence-corrected chi connectivity index (χ2v) is 5.89. The van der Waals surface area contributed by atoms with E-state index in [-0.39, 0.29) is 17.7 Å². The van der Waals surface area contributed by atoms with Gasteiger partial charge in [-0.15, -0.1) is 0 Å². The first-order valence-electron chi connectivity index (χ1n) is 7.37. The maximum atomic E-state index is 11.7. The number of nitrogens with one attached hydrogen (secondary N) is 1. The topological polar surface area (TPSA) is 63.6 Å². The lowest BCUT2D eigenvalue weighted by Gasteiger charge is -2.05. The van der Waals surface area contributed by atoms with Gasteiger partial charge in [-0.2, -0.15) is 5.10 Å². The van der Waals surface area contributed by atoms with Gasteiger partial charge in [0.2, 0.25) is 0 Å². The lowest BCUT2D eigenvalue weighted by atomic mass is 10.2. The monoisotopic (exact) mass is 373 g/mol. The van der Waals surface area contributed by atoms with Crippen LogP contribution in [-0.4, -0.2) is 23.7 Å². The molecule has 2 aromatic carbocycles. The molecule has 5 nitrogen and oxygen atoms in total. The van der Waals surface area contributed by atoms with E-state index >= 15 is 0 Å². The van der Waals surface area contributed by atoms with Gasteiger partial charge in [0.05, 0.1) is 11.7 Å². The van der Waals surface area contributed by atoms with Crippen molar-refractivity contribution < 1.29 is 9.53 Å². The van der Waals surface area contributed by atoms with Crippen molar-refractivity contribution in [2.75, 3.05) is 6.61 Å². The summed E-state index contributed by atoms with van der Waals surface area (Å²) in [4.78, 5) is 16.0. The van der Waals surface area contributed by atoms with Crippen LogP contribution in [0.15, 0.2) is 59.7 Å². The predicted octanol–water partition coefficient (Wildman–Crippen LogP) is 4.07. The van der Waals surface area contributed by atoms with Crippen LogP contribution in [0.1, 0.15) is 5.56 Å². The summed E-state index contributed by atoms with van der Waals surface area (Å²) in [5.41, 5.74) is 3.68. The van der Waals surface area contributed by atoms with Crippen molar-refractivity contribution in [3.8, 4) is 5.75 Å². The number of carbonyl (C=O) groups is 1. The summed E-state index contributed by atoms with van der Waals surface area (Å²) in [7, 11) is 0. The summed E-state index contributed by atoms with van der Waals surface area (Å²) in [6.45, 7) is -0.138. The average Bonchev–Trinajstić information content (AvgIpc) is 2.61. The maximum Gasteiger partial charge on any atom is 0.277 e. The third kappa shape index (κ3) is 4.68. The predicted molar refractivity (Wildman–Crippen MR) is 99.4 cm³/mol. The number of hydrogen-bond donors (Lipinski definition) is 1. The molecule has 7 heteroatoms. The molecule has 0 saturated heterocycles. The van der Waals surface area contributed by atoms with Gasteiger partial charge >= 0.3 is 0 Å². The summed E-state index contributed by atoms with van der Waals surface area (Å²) in [5.74, 6) is 0.230.